The molecule has 162 valence electrons. The van der Waals surface area contributed by atoms with Crippen LogP contribution in [0.25, 0.3) is 0 Å². The zero-order valence-corrected chi connectivity index (χ0v) is 18.9. The molecule has 0 aromatic carbocycles. The van der Waals surface area contributed by atoms with Crippen LogP contribution in [-0.4, -0.2) is 21.5 Å². The van der Waals surface area contributed by atoms with E-state index >= 15 is 0 Å². The summed E-state index contributed by atoms with van der Waals surface area (Å²) in [7, 11) is -3.30. The van der Waals surface area contributed by atoms with Gasteiger partial charge < -0.3 is 0 Å². The molecule has 5 heteroatoms. The van der Waals surface area contributed by atoms with Gasteiger partial charge in [-0.1, -0.05) is 75.3 Å². The van der Waals surface area contributed by atoms with Crippen LogP contribution in [0.4, 0.5) is 0 Å². The van der Waals surface area contributed by atoms with E-state index in [9.17, 15) is 8.42 Å². The van der Waals surface area contributed by atoms with Gasteiger partial charge in [0, 0.05) is 13.1 Å². The van der Waals surface area contributed by atoms with Gasteiger partial charge in [-0.15, -0.1) is 0 Å². The number of unbranched alkanes of at least 4 members (excludes halogenated alkanes) is 5. The Balaban J connectivity index is 3.51. The van der Waals surface area contributed by atoms with E-state index in [0.29, 0.717) is 13.1 Å². The van der Waals surface area contributed by atoms with Crippen molar-refractivity contribution >= 4 is 10.2 Å². The Morgan fingerprint density at radius 2 is 1.04 bits per heavy atom. The fourth-order valence-corrected chi connectivity index (χ4v) is 3.43. The molecule has 0 unspecified atom stereocenters. The molecule has 0 radical (unpaired) electrons. The molecule has 0 saturated heterocycles. The molecule has 0 aromatic rings. The van der Waals surface area contributed by atoms with E-state index < -0.39 is 10.2 Å². The molecule has 0 atom stereocenters. The summed E-state index contributed by atoms with van der Waals surface area (Å²) >= 11 is 0. The fraction of sp³-hybridized carbons (Fsp3) is 0.652. The van der Waals surface area contributed by atoms with Gasteiger partial charge in [-0.05, 0) is 57.8 Å². The van der Waals surface area contributed by atoms with Crippen molar-refractivity contribution in [3.63, 3.8) is 0 Å². The van der Waals surface area contributed by atoms with Crippen LogP contribution in [0.15, 0.2) is 48.6 Å². The molecule has 0 aliphatic heterocycles. The van der Waals surface area contributed by atoms with Gasteiger partial charge in [-0.25, -0.2) is 9.44 Å². The van der Waals surface area contributed by atoms with E-state index in [1.807, 2.05) is 6.92 Å². The molecule has 2 N–H and O–H groups in total. The van der Waals surface area contributed by atoms with Crippen molar-refractivity contribution in [3.8, 4) is 0 Å². The van der Waals surface area contributed by atoms with Gasteiger partial charge in [0.1, 0.15) is 0 Å². The number of hydrogen-bond acceptors (Lipinski definition) is 2. The lowest BCUT2D eigenvalue weighted by Crippen LogP contribution is -2.37. The fourth-order valence-electron chi connectivity index (χ4n) is 2.44. The molecule has 0 heterocycles. The van der Waals surface area contributed by atoms with Crippen molar-refractivity contribution in [1.82, 2.24) is 9.44 Å². The molecule has 0 rings (SSSR count). The maximum atomic E-state index is 11.5. The summed E-state index contributed by atoms with van der Waals surface area (Å²) in [5.74, 6) is 0. The third-order valence-corrected chi connectivity index (χ3v) is 5.26. The van der Waals surface area contributed by atoms with Crippen LogP contribution in [0.5, 0.6) is 0 Å². The highest BCUT2D eigenvalue weighted by molar-refractivity contribution is 7.87. The molecule has 0 aliphatic rings. The quantitative estimate of drug-likeness (QED) is 0.204. The highest BCUT2D eigenvalue weighted by Gasteiger charge is 2.05. The second kappa shape index (κ2) is 20.6. The van der Waals surface area contributed by atoms with E-state index in [4.69, 9.17) is 0 Å². The normalized spacial score (nSPS) is 13.1. The van der Waals surface area contributed by atoms with E-state index in [2.05, 4.69) is 65.0 Å². The van der Waals surface area contributed by atoms with Gasteiger partial charge in [-0.3, -0.25) is 0 Å². The van der Waals surface area contributed by atoms with Crippen LogP contribution in [-0.2, 0) is 10.2 Å². The molecular formula is C23H42N2O2S. The minimum atomic E-state index is -3.30. The Hall–Kier alpha value is -1.17. The summed E-state index contributed by atoms with van der Waals surface area (Å²) in [5, 5.41) is 0. The van der Waals surface area contributed by atoms with Crippen molar-refractivity contribution in [2.24, 2.45) is 0 Å². The molecule has 0 amide bonds. The Bertz CT molecular complexity index is 549. The predicted octanol–water partition coefficient (Wildman–Crippen LogP) is 5.97. The van der Waals surface area contributed by atoms with E-state index in [1.165, 1.54) is 25.7 Å². The van der Waals surface area contributed by atoms with Gasteiger partial charge in [0.15, 0.2) is 0 Å². The molecule has 0 saturated carbocycles. The van der Waals surface area contributed by atoms with Crippen LogP contribution in [0.1, 0.15) is 84.5 Å². The van der Waals surface area contributed by atoms with E-state index in [-0.39, 0.29) is 0 Å². The van der Waals surface area contributed by atoms with E-state index in [1.54, 1.807) is 0 Å². The van der Waals surface area contributed by atoms with Crippen molar-refractivity contribution in [3.05, 3.63) is 48.6 Å². The first-order chi connectivity index (χ1) is 13.6. The number of nitrogens with one attached hydrogen (secondary N) is 2. The molecule has 0 aromatic heterocycles. The van der Waals surface area contributed by atoms with Gasteiger partial charge in [-0.2, -0.15) is 8.42 Å². The predicted molar refractivity (Wildman–Crippen MR) is 124 cm³/mol. The summed E-state index contributed by atoms with van der Waals surface area (Å²) in [6.45, 7) is 5.15. The van der Waals surface area contributed by atoms with E-state index in [0.717, 1.165) is 44.9 Å². The molecule has 0 spiro atoms. The maximum Gasteiger partial charge on any atom is 0.276 e. The summed E-state index contributed by atoms with van der Waals surface area (Å²) < 4.78 is 28.1. The summed E-state index contributed by atoms with van der Waals surface area (Å²) in [6.07, 6.45) is 29.5. The average Bonchev–Trinajstić information content (AvgIpc) is 2.68. The van der Waals surface area contributed by atoms with Gasteiger partial charge >= 0.3 is 0 Å². The van der Waals surface area contributed by atoms with Crippen molar-refractivity contribution in [2.75, 3.05) is 13.1 Å². The van der Waals surface area contributed by atoms with Crippen LogP contribution in [0.3, 0.4) is 0 Å². The third-order valence-electron chi connectivity index (χ3n) is 4.09. The number of rotatable bonds is 19. The lowest BCUT2D eigenvalue weighted by atomic mass is 10.2. The van der Waals surface area contributed by atoms with Gasteiger partial charge in [0.25, 0.3) is 10.2 Å². The van der Waals surface area contributed by atoms with Crippen molar-refractivity contribution < 1.29 is 8.42 Å². The maximum absolute atomic E-state index is 11.5. The highest BCUT2D eigenvalue weighted by Crippen LogP contribution is 2.01. The summed E-state index contributed by atoms with van der Waals surface area (Å²) in [4.78, 5) is 0. The summed E-state index contributed by atoms with van der Waals surface area (Å²) in [6, 6.07) is 0. The average molecular weight is 411 g/mol. The number of hydrogen-bond donors (Lipinski definition) is 2. The van der Waals surface area contributed by atoms with Crippen LogP contribution in [0, 0.1) is 0 Å². The first-order valence-electron chi connectivity index (χ1n) is 11.0. The van der Waals surface area contributed by atoms with Crippen LogP contribution >= 0.6 is 0 Å². The van der Waals surface area contributed by atoms with Crippen molar-refractivity contribution in [2.45, 2.75) is 84.5 Å². The van der Waals surface area contributed by atoms with Crippen LogP contribution < -0.4 is 9.44 Å². The number of allylic oxidation sites excluding steroid dienone is 8. The zero-order chi connectivity index (χ0) is 20.8. The van der Waals surface area contributed by atoms with Crippen LogP contribution in [0.2, 0.25) is 0 Å². The Morgan fingerprint density at radius 1 is 0.571 bits per heavy atom. The Morgan fingerprint density at radius 3 is 1.54 bits per heavy atom. The second-order valence-electron chi connectivity index (χ2n) is 6.88. The largest absolute Gasteiger partial charge is 0.276 e. The van der Waals surface area contributed by atoms with Crippen molar-refractivity contribution in [1.29, 1.82) is 0 Å². The highest BCUT2D eigenvalue weighted by atomic mass is 32.2. The second-order valence-corrected chi connectivity index (χ2v) is 8.46. The smallest absolute Gasteiger partial charge is 0.202 e. The standard InChI is InChI=1S/C23H42N2O2S/c1-3-5-6-7-8-9-10-11-12-13-14-15-16-17-18-19-20-21-23-25-28(26,27)24-22-4-2/h8-9,11-12,14-15,17-18,24-25H,3-7,10,13,16,19-23H2,1-2H3/b9-8-,12-11-,15-14-,18-17-. The third kappa shape index (κ3) is 21.1. The minimum Gasteiger partial charge on any atom is -0.202 e. The molecule has 28 heavy (non-hydrogen) atoms. The zero-order valence-electron chi connectivity index (χ0n) is 18.0. The van der Waals surface area contributed by atoms with Gasteiger partial charge in [0.2, 0.25) is 0 Å². The molecular weight excluding hydrogens is 368 g/mol. The topological polar surface area (TPSA) is 58.2 Å². The Kier molecular flexibility index (Phi) is 19.7. The Labute approximate surface area is 174 Å². The SMILES string of the molecule is CCCCC/C=C\C/C=C\C/C=C\C/C=C\CCCCNS(=O)(=O)NCCC. The monoisotopic (exact) mass is 410 g/mol. The first-order valence-corrected chi connectivity index (χ1v) is 12.4. The molecule has 4 nitrogen and oxygen atoms in total. The molecule has 0 fully saturated rings. The minimum absolute atomic E-state index is 0.484. The molecule has 0 aliphatic carbocycles. The van der Waals surface area contributed by atoms with Gasteiger partial charge in [0.05, 0.1) is 0 Å². The summed E-state index contributed by atoms with van der Waals surface area (Å²) in [5.41, 5.74) is 0. The molecule has 0 bridgehead atoms. The first kappa shape index (κ1) is 26.8. The lowest BCUT2D eigenvalue weighted by Gasteiger charge is -2.06. The lowest BCUT2D eigenvalue weighted by molar-refractivity contribution is 0.561.